The van der Waals surface area contributed by atoms with Gasteiger partial charge in [0, 0.05) is 18.7 Å². The van der Waals surface area contributed by atoms with Crippen LogP contribution in [0.3, 0.4) is 0 Å². The Morgan fingerprint density at radius 2 is 2.12 bits per heavy atom. The van der Waals surface area contributed by atoms with E-state index in [4.69, 9.17) is 10.5 Å². The van der Waals surface area contributed by atoms with Crippen LogP contribution >= 0.6 is 0 Å². The quantitative estimate of drug-likeness (QED) is 0.808. The van der Waals surface area contributed by atoms with Gasteiger partial charge in [-0.05, 0) is 13.0 Å². The monoisotopic (exact) mass is 222 g/mol. The van der Waals surface area contributed by atoms with Gasteiger partial charge in [-0.3, -0.25) is 4.79 Å². The zero-order valence-electron chi connectivity index (χ0n) is 9.77. The van der Waals surface area contributed by atoms with Crippen molar-refractivity contribution < 1.29 is 9.53 Å². The van der Waals surface area contributed by atoms with Crippen molar-refractivity contribution in [1.29, 1.82) is 0 Å². The summed E-state index contributed by atoms with van der Waals surface area (Å²) in [6, 6.07) is 7.67. The summed E-state index contributed by atoms with van der Waals surface area (Å²) in [5, 5.41) is 0. The lowest BCUT2D eigenvalue weighted by molar-refractivity contribution is -0.130. The van der Waals surface area contributed by atoms with Crippen LogP contribution in [0.2, 0.25) is 0 Å². The van der Waals surface area contributed by atoms with Gasteiger partial charge in [-0.2, -0.15) is 0 Å². The molecule has 2 N–H and O–H groups in total. The van der Waals surface area contributed by atoms with Gasteiger partial charge in [-0.15, -0.1) is 0 Å². The Morgan fingerprint density at radius 3 is 2.69 bits per heavy atom. The molecular weight excluding hydrogens is 204 g/mol. The first kappa shape index (κ1) is 12.5. The molecular formula is C12H18N2O2. The third kappa shape index (κ3) is 2.97. The summed E-state index contributed by atoms with van der Waals surface area (Å²) in [7, 11) is 1.62. The Labute approximate surface area is 96.0 Å². The minimum absolute atomic E-state index is 0.0446. The number of likely N-dealkylation sites (N-methyl/N-ethyl adjacent to an activating group) is 1. The summed E-state index contributed by atoms with van der Waals surface area (Å²) in [5.74, 6) is 0.749. The average molecular weight is 222 g/mol. The molecule has 0 fully saturated rings. The fraction of sp³-hybridized carbons (Fsp3) is 0.417. The molecule has 0 aliphatic carbocycles. The number of benzene rings is 1. The Kier molecular flexibility index (Phi) is 4.79. The fourth-order valence-electron chi connectivity index (χ4n) is 1.54. The molecule has 1 amide bonds. The van der Waals surface area contributed by atoms with E-state index in [1.165, 1.54) is 0 Å². The second kappa shape index (κ2) is 6.12. The van der Waals surface area contributed by atoms with Crippen LogP contribution in [0.25, 0.3) is 0 Å². The fourth-order valence-corrected chi connectivity index (χ4v) is 1.54. The molecule has 0 unspecified atom stereocenters. The summed E-state index contributed by atoms with van der Waals surface area (Å²) in [5.41, 5.74) is 6.34. The molecule has 0 saturated heterocycles. The number of methoxy groups -OCH3 is 1. The van der Waals surface area contributed by atoms with Crippen molar-refractivity contribution in [2.75, 3.05) is 20.2 Å². The van der Waals surface area contributed by atoms with E-state index >= 15 is 0 Å². The molecule has 1 rings (SSSR count). The third-order valence-electron chi connectivity index (χ3n) is 2.46. The van der Waals surface area contributed by atoms with E-state index in [9.17, 15) is 4.79 Å². The van der Waals surface area contributed by atoms with Gasteiger partial charge in [-0.25, -0.2) is 0 Å². The van der Waals surface area contributed by atoms with Crippen molar-refractivity contribution >= 4 is 5.91 Å². The molecule has 0 atom stereocenters. The maximum absolute atomic E-state index is 11.5. The number of nitrogens with zero attached hydrogens (tertiary/aromatic N) is 1. The number of amides is 1. The van der Waals surface area contributed by atoms with Gasteiger partial charge in [0.25, 0.3) is 0 Å². The summed E-state index contributed by atoms with van der Waals surface area (Å²) in [6.45, 7) is 3.16. The lowest BCUT2D eigenvalue weighted by atomic mass is 10.2. The topological polar surface area (TPSA) is 55.6 Å². The van der Waals surface area contributed by atoms with Crippen LogP contribution in [0, 0.1) is 0 Å². The molecule has 0 radical (unpaired) electrons. The van der Waals surface area contributed by atoms with Gasteiger partial charge in [0.2, 0.25) is 5.91 Å². The van der Waals surface area contributed by atoms with Gasteiger partial charge in [-0.1, -0.05) is 18.2 Å². The predicted molar refractivity (Wildman–Crippen MR) is 63.1 cm³/mol. The van der Waals surface area contributed by atoms with Crippen molar-refractivity contribution in [3.63, 3.8) is 0 Å². The first-order chi connectivity index (χ1) is 7.72. The van der Waals surface area contributed by atoms with Crippen LogP contribution in [0.5, 0.6) is 5.75 Å². The molecule has 0 saturated carbocycles. The van der Waals surface area contributed by atoms with Gasteiger partial charge >= 0.3 is 0 Å². The third-order valence-corrected chi connectivity index (χ3v) is 2.46. The van der Waals surface area contributed by atoms with Crippen LogP contribution in [-0.2, 0) is 11.3 Å². The summed E-state index contributed by atoms with van der Waals surface area (Å²) < 4.78 is 5.23. The molecule has 0 aliphatic rings. The Morgan fingerprint density at radius 1 is 1.44 bits per heavy atom. The van der Waals surface area contributed by atoms with Gasteiger partial charge in [0.1, 0.15) is 5.75 Å². The van der Waals surface area contributed by atoms with E-state index in [1.54, 1.807) is 12.0 Å². The summed E-state index contributed by atoms with van der Waals surface area (Å²) in [4.78, 5) is 13.2. The predicted octanol–water partition coefficient (Wildman–Crippen LogP) is 1.00. The Bertz CT molecular complexity index is 353. The molecule has 0 spiro atoms. The first-order valence-corrected chi connectivity index (χ1v) is 5.32. The zero-order valence-corrected chi connectivity index (χ0v) is 9.77. The second-order valence-electron chi connectivity index (χ2n) is 3.42. The van der Waals surface area contributed by atoms with Crippen molar-refractivity contribution in [1.82, 2.24) is 4.90 Å². The number of hydrogen-bond donors (Lipinski definition) is 1. The summed E-state index contributed by atoms with van der Waals surface area (Å²) in [6.07, 6.45) is 0. The molecule has 4 heteroatoms. The van der Waals surface area contributed by atoms with E-state index in [0.717, 1.165) is 11.3 Å². The van der Waals surface area contributed by atoms with Crippen molar-refractivity contribution in [2.45, 2.75) is 13.5 Å². The molecule has 1 aromatic rings. The number of carbonyl (C=O) groups is 1. The van der Waals surface area contributed by atoms with E-state index in [2.05, 4.69) is 0 Å². The molecule has 1 aromatic carbocycles. The van der Waals surface area contributed by atoms with Crippen molar-refractivity contribution in [3.05, 3.63) is 29.8 Å². The Hall–Kier alpha value is -1.55. The number of nitrogens with two attached hydrogens (primary N) is 1. The van der Waals surface area contributed by atoms with E-state index in [0.29, 0.717) is 13.1 Å². The normalized spacial score (nSPS) is 9.94. The largest absolute Gasteiger partial charge is 0.496 e. The average Bonchev–Trinajstić information content (AvgIpc) is 2.35. The lowest BCUT2D eigenvalue weighted by Crippen LogP contribution is -2.35. The number of rotatable bonds is 5. The molecule has 0 aliphatic heterocycles. The lowest BCUT2D eigenvalue weighted by Gasteiger charge is -2.21. The van der Waals surface area contributed by atoms with Crippen LogP contribution in [-0.4, -0.2) is 31.0 Å². The molecule has 4 nitrogen and oxygen atoms in total. The highest BCUT2D eigenvalue weighted by Crippen LogP contribution is 2.18. The number of hydrogen-bond acceptors (Lipinski definition) is 3. The highest BCUT2D eigenvalue weighted by Gasteiger charge is 2.12. The van der Waals surface area contributed by atoms with E-state index in [1.807, 2.05) is 31.2 Å². The highest BCUT2D eigenvalue weighted by molar-refractivity contribution is 5.78. The maximum atomic E-state index is 11.5. The zero-order chi connectivity index (χ0) is 12.0. The standard InChI is InChI=1S/C12H18N2O2/c1-3-14(12(15)8-13)9-10-6-4-5-7-11(10)16-2/h4-7H,3,8-9,13H2,1-2H3. The smallest absolute Gasteiger partial charge is 0.236 e. The SMILES string of the molecule is CCN(Cc1ccccc1OC)C(=O)CN. The highest BCUT2D eigenvalue weighted by atomic mass is 16.5. The summed E-state index contributed by atoms with van der Waals surface area (Å²) >= 11 is 0. The number of carbonyl (C=O) groups excluding carboxylic acids is 1. The van der Waals surface area contributed by atoms with Crippen molar-refractivity contribution in [3.8, 4) is 5.75 Å². The maximum Gasteiger partial charge on any atom is 0.236 e. The van der Waals surface area contributed by atoms with Crippen LogP contribution in [0.15, 0.2) is 24.3 Å². The van der Waals surface area contributed by atoms with Crippen molar-refractivity contribution in [2.24, 2.45) is 5.73 Å². The number of ether oxygens (including phenoxy) is 1. The minimum atomic E-state index is -0.0478. The van der Waals surface area contributed by atoms with Gasteiger partial charge < -0.3 is 15.4 Å². The van der Waals surface area contributed by atoms with Crippen LogP contribution < -0.4 is 10.5 Å². The first-order valence-electron chi connectivity index (χ1n) is 5.32. The molecule has 0 heterocycles. The van der Waals surface area contributed by atoms with E-state index in [-0.39, 0.29) is 12.5 Å². The van der Waals surface area contributed by atoms with Crippen LogP contribution in [0.1, 0.15) is 12.5 Å². The second-order valence-corrected chi connectivity index (χ2v) is 3.42. The molecule has 88 valence electrons. The van der Waals surface area contributed by atoms with Gasteiger partial charge in [0.05, 0.1) is 13.7 Å². The molecule has 0 aromatic heterocycles. The molecule has 16 heavy (non-hydrogen) atoms. The van der Waals surface area contributed by atoms with E-state index < -0.39 is 0 Å². The van der Waals surface area contributed by atoms with Crippen LogP contribution in [0.4, 0.5) is 0 Å². The molecule has 0 bridgehead atoms. The minimum Gasteiger partial charge on any atom is -0.496 e. The van der Waals surface area contributed by atoms with Gasteiger partial charge in [0.15, 0.2) is 0 Å². The number of para-hydroxylation sites is 1. The Balaban J connectivity index is 2.81.